The lowest BCUT2D eigenvalue weighted by atomic mass is 10.2. The molecule has 0 radical (unpaired) electrons. The maximum atomic E-state index is 12.6. The third-order valence-corrected chi connectivity index (χ3v) is 5.92. The molecule has 8 heteroatoms. The summed E-state index contributed by atoms with van der Waals surface area (Å²) in [5.41, 5.74) is -2.19. The van der Waals surface area contributed by atoms with Gasteiger partial charge < -0.3 is 14.8 Å². The monoisotopic (exact) mass is 359 g/mol. The van der Waals surface area contributed by atoms with Crippen molar-refractivity contribution in [2.24, 2.45) is 0 Å². The summed E-state index contributed by atoms with van der Waals surface area (Å²) < 4.78 is 30.2. The molecule has 1 amide bonds. The van der Waals surface area contributed by atoms with Crippen molar-refractivity contribution >= 4 is 33.8 Å². The van der Waals surface area contributed by atoms with Crippen molar-refractivity contribution in [3.8, 4) is 0 Å². The minimum absolute atomic E-state index is 0.0146. The van der Waals surface area contributed by atoms with Gasteiger partial charge in [-0.1, -0.05) is 11.6 Å². The number of ether oxygens (including phenoxy) is 1. The average Bonchev–Trinajstić information content (AvgIpc) is 3.12. The molecular weight excluding hydrogens is 342 g/mol. The van der Waals surface area contributed by atoms with Crippen molar-refractivity contribution < 1.29 is 22.7 Å². The second-order valence-corrected chi connectivity index (χ2v) is 9.04. The van der Waals surface area contributed by atoms with Gasteiger partial charge in [-0.25, -0.2) is 13.2 Å². The predicted molar refractivity (Wildman–Crippen MR) is 85.2 cm³/mol. The molecule has 1 aromatic carbocycles. The van der Waals surface area contributed by atoms with Crippen molar-refractivity contribution in [3.63, 3.8) is 0 Å². The van der Waals surface area contributed by atoms with Gasteiger partial charge in [0.2, 0.25) is 0 Å². The summed E-state index contributed by atoms with van der Waals surface area (Å²) in [7, 11) is -3.75. The van der Waals surface area contributed by atoms with Gasteiger partial charge in [0.25, 0.3) is 0 Å². The largest absolute Gasteiger partial charge is 0.444 e. The second-order valence-electron chi connectivity index (χ2n) is 6.48. The highest BCUT2D eigenvalue weighted by Gasteiger charge is 2.63. The van der Waals surface area contributed by atoms with E-state index in [0.29, 0.717) is 11.3 Å². The normalized spacial score (nSPS) is 23.9. The molecule has 0 aliphatic heterocycles. The van der Waals surface area contributed by atoms with Crippen molar-refractivity contribution in [1.82, 2.24) is 5.32 Å². The second kappa shape index (κ2) is 5.79. The molecule has 0 heterocycles. The number of nitrogens with one attached hydrogen (secondary N) is 1. The maximum Gasteiger partial charge on any atom is 0.408 e. The highest BCUT2D eigenvalue weighted by atomic mass is 35.5. The Balaban J connectivity index is 2.18. The van der Waals surface area contributed by atoms with Crippen LogP contribution in [-0.4, -0.2) is 37.2 Å². The molecule has 0 bridgehead atoms. The zero-order valence-electron chi connectivity index (χ0n) is 13.0. The van der Waals surface area contributed by atoms with Gasteiger partial charge in [0.15, 0.2) is 9.84 Å². The molecule has 2 rings (SSSR count). The summed E-state index contributed by atoms with van der Waals surface area (Å²) in [6.45, 7) is 5.03. The van der Waals surface area contributed by atoms with Crippen molar-refractivity contribution in [3.05, 3.63) is 29.3 Å². The van der Waals surface area contributed by atoms with E-state index >= 15 is 0 Å². The fourth-order valence-corrected chi connectivity index (χ4v) is 4.33. The molecule has 0 spiro atoms. The molecule has 1 N–H and O–H groups in total. The number of hydrogen-bond donors (Lipinski definition) is 1. The Morgan fingerprint density at radius 2 is 1.91 bits per heavy atom. The third-order valence-electron chi connectivity index (χ3n) is 3.40. The lowest BCUT2D eigenvalue weighted by Crippen LogP contribution is -2.45. The van der Waals surface area contributed by atoms with E-state index in [1.54, 1.807) is 20.8 Å². The first kappa shape index (κ1) is 17.7. The fourth-order valence-electron chi connectivity index (χ4n) is 2.20. The van der Waals surface area contributed by atoms with Crippen LogP contribution in [0.3, 0.4) is 0 Å². The fraction of sp³-hybridized carbons (Fsp3) is 0.467. The first-order valence-electron chi connectivity index (χ1n) is 6.97. The van der Waals surface area contributed by atoms with Gasteiger partial charge in [0, 0.05) is 5.02 Å². The number of aldehydes is 1. The third kappa shape index (κ3) is 3.84. The summed E-state index contributed by atoms with van der Waals surface area (Å²) in [4.78, 5) is 23.3. The molecule has 0 aromatic heterocycles. The van der Waals surface area contributed by atoms with Crippen LogP contribution in [0.1, 0.15) is 27.2 Å². The first-order valence-corrected chi connectivity index (χ1v) is 8.90. The number of hydrogen-bond acceptors (Lipinski definition) is 5. The Bertz CT molecular complexity index is 723. The Kier molecular flexibility index (Phi) is 4.47. The van der Waals surface area contributed by atoms with Gasteiger partial charge >= 0.3 is 6.09 Å². The summed E-state index contributed by atoms with van der Waals surface area (Å²) >= 11 is 5.75. The summed E-state index contributed by atoms with van der Waals surface area (Å²) in [6.07, 6.45) is -0.353. The van der Waals surface area contributed by atoms with Crippen LogP contribution in [0.15, 0.2) is 29.2 Å². The number of halogens is 1. The quantitative estimate of drug-likeness (QED) is 0.833. The van der Waals surface area contributed by atoms with Crippen LogP contribution in [0.4, 0.5) is 4.79 Å². The molecule has 2 atom stereocenters. The van der Waals surface area contributed by atoms with Gasteiger partial charge in [0.05, 0.1) is 10.1 Å². The lowest BCUT2D eigenvalue weighted by Gasteiger charge is -2.21. The van der Waals surface area contributed by atoms with E-state index in [0.717, 1.165) is 0 Å². The number of sulfone groups is 1. The topological polar surface area (TPSA) is 89.5 Å². The van der Waals surface area contributed by atoms with Crippen molar-refractivity contribution in [2.75, 3.05) is 0 Å². The van der Waals surface area contributed by atoms with Crippen molar-refractivity contribution in [2.45, 2.75) is 48.5 Å². The standard InChI is InChI=1S/C15H18ClNO5S/c1-14(2,3)22-13(19)17-15(9-18)8-12(15)23(20,21)11-6-4-10(16)5-7-11/h4-7,9,12H,8H2,1-3H3,(H,17,19)/t12-,15+/m1/s1. The minimum Gasteiger partial charge on any atom is -0.444 e. The van der Waals surface area contributed by atoms with E-state index in [4.69, 9.17) is 16.3 Å². The molecule has 1 saturated carbocycles. The predicted octanol–water partition coefficient (Wildman–Crippen LogP) is 2.35. The summed E-state index contributed by atoms with van der Waals surface area (Å²) in [5.74, 6) is 0. The number of amides is 1. The Morgan fingerprint density at radius 1 is 1.35 bits per heavy atom. The molecule has 1 aromatic rings. The number of carbonyl (C=O) groups excluding carboxylic acids is 2. The van der Waals surface area contributed by atoms with Crippen LogP contribution in [0.25, 0.3) is 0 Å². The zero-order valence-corrected chi connectivity index (χ0v) is 14.6. The van der Waals surface area contributed by atoms with Crippen LogP contribution in [-0.2, 0) is 19.4 Å². The molecule has 1 aliphatic carbocycles. The number of alkyl carbamates (subject to hydrolysis) is 1. The van der Waals surface area contributed by atoms with Crippen LogP contribution >= 0.6 is 11.6 Å². The molecule has 1 aliphatic rings. The van der Waals surface area contributed by atoms with Gasteiger partial charge in [-0.05, 0) is 51.5 Å². The van der Waals surface area contributed by atoms with E-state index in [2.05, 4.69) is 5.32 Å². The van der Waals surface area contributed by atoms with E-state index in [1.165, 1.54) is 24.3 Å². The highest BCUT2D eigenvalue weighted by molar-refractivity contribution is 7.92. The highest BCUT2D eigenvalue weighted by Crippen LogP contribution is 2.43. The van der Waals surface area contributed by atoms with Crippen LogP contribution < -0.4 is 5.32 Å². The van der Waals surface area contributed by atoms with Crippen LogP contribution in [0.5, 0.6) is 0 Å². The van der Waals surface area contributed by atoms with Gasteiger partial charge in [-0.3, -0.25) is 0 Å². The van der Waals surface area contributed by atoms with Gasteiger partial charge in [-0.2, -0.15) is 0 Å². The van der Waals surface area contributed by atoms with Gasteiger partial charge in [0.1, 0.15) is 17.4 Å². The molecule has 1 fully saturated rings. The van der Waals surface area contributed by atoms with E-state index < -0.39 is 32.3 Å². The molecule has 0 saturated heterocycles. The molecule has 0 unspecified atom stereocenters. The molecule has 6 nitrogen and oxygen atoms in total. The Labute approximate surface area is 140 Å². The molecular formula is C15H18ClNO5S. The Hall–Kier alpha value is -1.60. The number of rotatable bonds is 4. The lowest BCUT2D eigenvalue weighted by molar-refractivity contribution is -0.110. The van der Waals surface area contributed by atoms with E-state index in [-0.39, 0.29) is 11.3 Å². The smallest absolute Gasteiger partial charge is 0.408 e. The SMILES string of the molecule is CC(C)(C)OC(=O)N[C@]1(C=O)C[C@H]1S(=O)(=O)c1ccc(Cl)cc1. The minimum atomic E-state index is -3.75. The van der Waals surface area contributed by atoms with Gasteiger partial charge in [-0.15, -0.1) is 0 Å². The summed E-state index contributed by atoms with van der Waals surface area (Å²) in [6, 6.07) is 5.67. The zero-order chi connectivity index (χ0) is 17.5. The van der Waals surface area contributed by atoms with Crippen molar-refractivity contribution in [1.29, 1.82) is 0 Å². The Morgan fingerprint density at radius 3 is 2.39 bits per heavy atom. The summed E-state index contributed by atoms with van der Waals surface area (Å²) in [5, 5.41) is 1.77. The molecule has 126 valence electrons. The number of carbonyl (C=O) groups is 2. The molecule has 23 heavy (non-hydrogen) atoms. The van der Waals surface area contributed by atoms with Crippen LogP contribution in [0.2, 0.25) is 5.02 Å². The van der Waals surface area contributed by atoms with Crippen LogP contribution in [0, 0.1) is 0 Å². The first-order chi connectivity index (χ1) is 10.5. The van der Waals surface area contributed by atoms with E-state index in [1.807, 2.05) is 0 Å². The van der Waals surface area contributed by atoms with E-state index in [9.17, 15) is 18.0 Å². The number of benzene rings is 1. The average molecular weight is 360 g/mol. The maximum absolute atomic E-state index is 12.6.